The van der Waals surface area contributed by atoms with Gasteiger partial charge >= 0.3 is 0 Å². The zero-order chi connectivity index (χ0) is 14.3. The topological polar surface area (TPSA) is 18.5 Å². The number of halogens is 2. The Bertz CT molecular complexity index is 743. The number of fused-ring (bicyclic) bond motifs is 2. The monoisotopic (exact) mass is 394 g/mol. The number of benzene rings is 3. The highest BCUT2D eigenvalue weighted by atomic mass is 79.9. The molecule has 2 nitrogen and oxygen atoms in total. The van der Waals surface area contributed by atoms with Gasteiger partial charge in [-0.1, -0.05) is 0 Å². The van der Waals surface area contributed by atoms with Crippen molar-refractivity contribution in [1.29, 1.82) is 0 Å². The molecular formula is C16H12Br2O2. The maximum absolute atomic E-state index is 5.31. The lowest BCUT2D eigenvalue weighted by molar-refractivity contribution is 0.415. The van der Waals surface area contributed by atoms with Gasteiger partial charge in [0, 0.05) is 19.7 Å². The second-order valence-electron chi connectivity index (χ2n) is 4.45. The van der Waals surface area contributed by atoms with Crippen LogP contribution in [0, 0.1) is 0 Å². The summed E-state index contributed by atoms with van der Waals surface area (Å²) in [6.45, 7) is 0. The molecule has 0 N–H and O–H groups in total. The second kappa shape index (κ2) is 5.26. The summed E-state index contributed by atoms with van der Waals surface area (Å²) in [5.41, 5.74) is 0. The fraction of sp³-hybridized carbons (Fsp3) is 0.125. The molecule has 0 heterocycles. The third-order valence-corrected chi connectivity index (χ3v) is 5.11. The van der Waals surface area contributed by atoms with Crippen molar-refractivity contribution in [3.8, 4) is 11.5 Å². The van der Waals surface area contributed by atoms with Crippen LogP contribution in [0.25, 0.3) is 21.5 Å². The van der Waals surface area contributed by atoms with E-state index < -0.39 is 0 Å². The van der Waals surface area contributed by atoms with E-state index in [1.165, 1.54) is 0 Å². The summed E-state index contributed by atoms with van der Waals surface area (Å²) in [6, 6.07) is 12.1. The molecule has 3 aromatic rings. The van der Waals surface area contributed by atoms with E-state index in [9.17, 15) is 0 Å². The molecule has 0 atom stereocenters. The minimum absolute atomic E-state index is 0.845. The third-order valence-electron chi connectivity index (χ3n) is 3.40. The van der Waals surface area contributed by atoms with Gasteiger partial charge in [-0.25, -0.2) is 0 Å². The van der Waals surface area contributed by atoms with Gasteiger partial charge in [0.05, 0.1) is 14.2 Å². The molecular weight excluding hydrogens is 384 g/mol. The highest BCUT2D eigenvalue weighted by Crippen LogP contribution is 2.41. The van der Waals surface area contributed by atoms with E-state index in [4.69, 9.17) is 9.47 Å². The van der Waals surface area contributed by atoms with E-state index in [2.05, 4.69) is 44.0 Å². The molecule has 0 spiro atoms. The average Bonchev–Trinajstić information content (AvgIpc) is 2.51. The van der Waals surface area contributed by atoms with E-state index in [1.807, 2.05) is 24.3 Å². The van der Waals surface area contributed by atoms with E-state index in [0.29, 0.717) is 0 Å². The van der Waals surface area contributed by atoms with E-state index in [0.717, 1.165) is 42.0 Å². The summed E-state index contributed by atoms with van der Waals surface area (Å²) >= 11 is 7.42. The number of methoxy groups -OCH3 is 2. The van der Waals surface area contributed by atoms with Crippen molar-refractivity contribution in [2.45, 2.75) is 0 Å². The van der Waals surface area contributed by atoms with Crippen LogP contribution in [0.2, 0.25) is 0 Å². The number of hydrogen-bond donors (Lipinski definition) is 0. The van der Waals surface area contributed by atoms with Gasteiger partial charge < -0.3 is 9.47 Å². The maximum Gasteiger partial charge on any atom is 0.119 e. The van der Waals surface area contributed by atoms with Gasteiger partial charge in [0.15, 0.2) is 0 Å². The molecule has 20 heavy (non-hydrogen) atoms. The van der Waals surface area contributed by atoms with Crippen molar-refractivity contribution in [3.63, 3.8) is 0 Å². The molecule has 0 unspecified atom stereocenters. The molecule has 0 saturated heterocycles. The number of rotatable bonds is 2. The van der Waals surface area contributed by atoms with Gasteiger partial charge in [-0.2, -0.15) is 0 Å². The summed E-state index contributed by atoms with van der Waals surface area (Å²) in [4.78, 5) is 0. The van der Waals surface area contributed by atoms with E-state index >= 15 is 0 Å². The van der Waals surface area contributed by atoms with Crippen LogP contribution in [0.4, 0.5) is 0 Å². The normalized spacial score (nSPS) is 11.0. The first-order chi connectivity index (χ1) is 9.65. The van der Waals surface area contributed by atoms with Crippen molar-refractivity contribution in [3.05, 3.63) is 45.3 Å². The number of ether oxygens (including phenoxy) is 2. The first-order valence-electron chi connectivity index (χ1n) is 6.08. The van der Waals surface area contributed by atoms with Crippen LogP contribution in [-0.4, -0.2) is 14.2 Å². The van der Waals surface area contributed by atoms with Crippen molar-refractivity contribution in [1.82, 2.24) is 0 Å². The minimum atomic E-state index is 0.845. The van der Waals surface area contributed by atoms with Crippen LogP contribution >= 0.6 is 31.9 Å². The predicted molar refractivity (Wildman–Crippen MR) is 90.0 cm³/mol. The summed E-state index contributed by atoms with van der Waals surface area (Å²) in [6.07, 6.45) is 0. The van der Waals surface area contributed by atoms with Gasteiger partial charge in [-0.15, -0.1) is 0 Å². The fourth-order valence-corrected chi connectivity index (χ4v) is 3.68. The fourth-order valence-electron chi connectivity index (χ4n) is 2.34. The molecule has 0 aliphatic carbocycles. The van der Waals surface area contributed by atoms with E-state index in [1.54, 1.807) is 14.2 Å². The van der Waals surface area contributed by atoms with Gasteiger partial charge in [0.25, 0.3) is 0 Å². The lowest BCUT2D eigenvalue weighted by Crippen LogP contribution is -1.88. The van der Waals surface area contributed by atoms with Crippen LogP contribution in [0.15, 0.2) is 45.3 Å². The van der Waals surface area contributed by atoms with Crippen LogP contribution in [-0.2, 0) is 0 Å². The highest BCUT2D eigenvalue weighted by molar-refractivity contribution is 9.11. The van der Waals surface area contributed by atoms with Crippen molar-refractivity contribution >= 4 is 53.4 Å². The van der Waals surface area contributed by atoms with Crippen LogP contribution < -0.4 is 9.47 Å². The molecule has 0 saturated carbocycles. The molecule has 0 aliphatic rings. The van der Waals surface area contributed by atoms with Crippen molar-refractivity contribution < 1.29 is 9.47 Å². The maximum atomic E-state index is 5.31. The Kier molecular flexibility index (Phi) is 3.61. The molecule has 4 heteroatoms. The second-order valence-corrected chi connectivity index (χ2v) is 6.04. The van der Waals surface area contributed by atoms with Gasteiger partial charge in [-0.05, 0) is 79.0 Å². The zero-order valence-electron chi connectivity index (χ0n) is 11.0. The lowest BCUT2D eigenvalue weighted by Gasteiger charge is -2.12. The van der Waals surface area contributed by atoms with Crippen LogP contribution in [0.5, 0.6) is 11.5 Å². The van der Waals surface area contributed by atoms with Crippen LogP contribution in [0.1, 0.15) is 0 Å². The van der Waals surface area contributed by atoms with Crippen molar-refractivity contribution in [2.24, 2.45) is 0 Å². The molecule has 0 bridgehead atoms. The summed E-state index contributed by atoms with van der Waals surface area (Å²) in [5, 5.41) is 4.51. The Balaban J connectivity index is 2.46. The van der Waals surface area contributed by atoms with Gasteiger partial charge in [0.2, 0.25) is 0 Å². The standard InChI is InChI=1S/C16H12Br2O2/c1-19-9-3-5-11-13(7-9)15(17)12-6-4-10(20-2)8-14(12)16(11)18/h3-8H,1-2H3. The van der Waals surface area contributed by atoms with Gasteiger partial charge in [0.1, 0.15) is 11.5 Å². The highest BCUT2D eigenvalue weighted by Gasteiger charge is 2.12. The van der Waals surface area contributed by atoms with Crippen LogP contribution in [0.3, 0.4) is 0 Å². The SMILES string of the molecule is COc1ccc2c(Br)c3cc(OC)ccc3c(Br)c2c1. The first-order valence-corrected chi connectivity index (χ1v) is 7.66. The molecule has 0 aliphatic heterocycles. The average molecular weight is 396 g/mol. The smallest absolute Gasteiger partial charge is 0.119 e. The summed E-state index contributed by atoms with van der Waals surface area (Å²) in [5.74, 6) is 1.69. The molecule has 3 rings (SSSR count). The summed E-state index contributed by atoms with van der Waals surface area (Å²) in [7, 11) is 3.35. The molecule has 0 fully saturated rings. The Labute approximate surface area is 133 Å². The minimum Gasteiger partial charge on any atom is -0.497 e. The van der Waals surface area contributed by atoms with Crippen molar-refractivity contribution in [2.75, 3.05) is 14.2 Å². The third kappa shape index (κ3) is 2.07. The zero-order valence-corrected chi connectivity index (χ0v) is 14.2. The number of hydrogen-bond acceptors (Lipinski definition) is 2. The molecule has 102 valence electrons. The predicted octanol–water partition coefficient (Wildman–Crippen LogP) is 5.54. The molecule has 0 aromatic heterocycles. The summed E-state index contributed by atoms with van der Waals surface area (Å²) < 4.78 is 12.7. The first kappa shape index (κ1) is 13.7. The quantitative estimate of drug-likeness (QED) is 0.530. The lowest BCUT2D eigenvalue weighted by atomic mass is 10.0. The molecule has 0 radical (unpaired) electrons. The Hall–Kier alpha value is -1.26. The largest absolute Gasteiger partial charge is 0.497 e. The Morgan fingerprint density at radius 2 is 1.05 bits per heavy atom. The molecule has 3 aromatic carbocycles. The Morgan fingerprint density at radius 3 is 1.40 bits per heavy atom. The van der Waals surface area contributed by atoms with E-state index in [-0.39, 0.29) is 0 Å². The van der Waals surface area contributed by atoms with Gasteiger partial charge in [-0.3, -0.25) is 0 Å². The molecule has 0 amide bonds. The Morgan fingerprint density at radius 1 is 0.650 bits per heavy atom.